The lowest BCUT2D eigenvalue weighted by molar-refractivity contribution is -0.154. The lowest BCUT2D eigenvalue weighted by Crippen LogP contribution is -2.27. The highest BCUT2D eigenvalue weighted by Crippen LogP contribution is 2.13. The first kappa shape index (κ1) is 46.1. The Bertz CT molecular complexity index is 794. The highest BCUT2D eigenvalue weighted by Gasteiger charge is 2.13. The Labute approximate surface area is 298 Å². The molecule has 0 amide bonds. The minimum atomic E-state index is -0.548. The van der Waals surface area contributed by atoms with Gasteiger partial charge in [-0.3, -0.25) is 4.79 Å². The first-order chi connectivity index (χ1) is 23.7. The zero-order valence-electron chi connectivity index (χ0n) is 31.7. The zero-order valence-corrected chi connectivity index (χ0v) is 31.7. The summed E-state index contributed by atoms with van der Waals surface area (Å²) in [6.45, 7) is 5.19. The van der Waals surface area contributed by atoms with Crippen molar-refractivity contribution in [3.63, 3.8) is 0 Å². The van der Waals surface area contributed by atoms with E-state index in [-0.39, 0.29) is 19.2 Å². The maximum Gasteiger partial charge on any atom is 0.306 e. The maximum atomic E-state index is 12.2. The summed E-state index contributed by atoms with van der Waals surface area (Å²) in [5.74, 6) is -0.214. The first-order valence-electron chi connectivity index (χ1n) is 20.4. The van der Waals surface area contributed by atoms with Gasteiger partial charge in [-0.25, -0.2) is 0 Å². The van der Waals surface area contributed by atoms with Gasteiger partial charge in [0, 0.05) is 13.0 Å². The van der Waals surface area contributed by atoms with Gasteiger partial charge in [0.05, 0.1) is 13.2 Å². The highest BCUT2D eigenvalue weighted by molar-refractivity contribution is 5.69. The smallest absolute Gasteiger partial charge is 0.306 e. The maximum absolute atomic E-state index is 12.2. The van der Waals surface area contributed by atoms with E-state index in [9.17, 15) is 9.90 Å². The predicted molar refractivity (Wildman–Crippen MR) is 209 cm³/mol. The number of unbranched alkanes of at least 4 members (excludes halogenated alkanes) is 19. The van der Waals surface area contributed by atoms with Crippen LogP contribution in [0.3, 0.4) is 0 Å². The van der Waals surface area contributed by atoms with Crippen molar-refractivity contribution in [2.75, 3.05) is 19.8 Å². The Morgan fingerprint density at radius 1 is 0.521 bits per heavy atom. The summed E-state index contributed by atoms with van der Waals surface area (Å²) in [5, 5.41) is 9.59. The lowest BCUT2D eigenvalue weighted by atomic mass is 10.1. The van der Waals surface area contributed by atoms with Crippen molar-refractivity contribution in [2.24, 2.45) is 0 Å². The monoisotopic (exact) mass is 671 g/mol. The van der Waals surface area contributed by atoms with Crippen molar-refractivity contribution in [1.29, 1.82) is 0 Å². The fourth-order valence-electron chi connectivity index (χ4n) is 5.55. The molecule has 0 bridgehead atoms. The van der Waals surface area contributed by atoms with Gasteiger partial charge in [0.2, 0.25) is 0 Å². The van der Waals surface area contributed by atoms with Gasteiger partial charge in [-0.15, -0.1) is 0 Å². The molecule has 1 N–H and O–H groups in total. The van der Waals surface area contributed by atoms with E-state index in [1.54, 1.807) is 0 Å². The van der Waals surface area contributed by atoms with E-state index < -0.39 is 6.10 Å². The van der Waals surface area contributed by atoms with Crippen molar-refractivity contribution in [1.82, 2.24) is 0 Å². The molecule has 4 heteroatoms. The van der Waals surface area contributed by atoms with Crippen LogP contribution in [0.25, 0.3) is 0 Å². The number of carbonyl (C=O) groups excluding carboxylic acids is 1. The quantitative estimate of drug-likeness (QED) is 0.0406. The summed E-state index contributed by atoms with van der Waals surface area (Å²) in [5.41, 5.74) is 0. The topological polar surface area (TPSA) is 55.8 Å². The number of aliphatic hydroxyl groups is 1. The van der Waals surface area contributed by atoms with E-state index in [0.717, 1.165) is 57.8 Å². The fourth-order valence-corrected chi connectivity index (χ4v) is 5.55. The average molecular weight is 671 g/mol. The van der Waals surface area contributed by atoms with Crippen LogP contribution in [0, 0.1) is 0 Å². The van der Waals surface area contributed by atoms with Gasteiger partial charge in [0.25, 0.3) is 0 Å². The van der Waals surface area contributed by atoms with Crippen LogP contribution in [0.1, 0.15) is 187 Å². The molecular formula is C44H78O4. The average Bonchev–Trinajstić information content (AvgIpc) is 3.09. The SMILES string of the molecule is CC/C=C\C/C=C\C/C=C\C/C=C\CCCCCCCOCC(CO)OC(=O)CCCCCCCCC/C=C\CCCCCCCCC. The van der Waals surface area contributed by atoms with Gasteiger partial charge in [-0.1, -0.05) is 164 Å². The van der Waals surface area contributed by atoms with Gasteiger partial charge in [0.15, 0.2) is 0 Å². The molecular weight excluding hydrogens is 592 g/mol. The van der Waals surface area contributed by atoms with E-state index in [2.05, 4.69) is 74.6 Å². The number of carbonyl (C=O) groups is 1. The predicted octanol–water partition coefficient (Wildman–Crippen LogP) is 13.3. The number of rotatable bonds is 37. The Morgan fingerprint density at radius 2 is 0.938 bits per heavy atom. The van der Waals surface area contributed by atoms with Gasteiger partial charge in [0.1, 0.15) is 6.10 Å². The Kier molecular flexibility index (Phi) is 39.6. The lowest BCUT2D eigenvalue weighted by Gasteiger charge is -2.15. The van der Waals surface area contributed by atoms with Gasteiger partial charge >= 0.3 is 5.97 Å². The minimum absolute atomic E-state index is 0.183. The van der Waals surface area contributed by atoms with Crippen LogP contribution in [0.15, 0.2) is 60.8 Å². The van der Waals surface area contributed by atoms with E-state index in [1.165, 1.54) is 109 Å². The number of allylic oxidation sites excluding steroid dienone is 10. The molecule has 0 aromatic carbocycles. The van der Waals surface area contributed by atoms with Crippen LogP contribution >= 0.6 is 0 Å². The molecule has 4 nitrogen and oxygen atoms in total. The van der Waals surface area contributed by atoms with Gasteiger partial charge in [-0.2, -0.15) is 0 Å². The van der Waals surface area contributed by atoms with Crippen molar-refractivity contribution in [3.05, 3.63) is 60.8 Å². The van der Waals surface area contributed by atoms with Gasteiger partial charge < -0.3 is 14.6 Å². The third kappa shape index (κ3) is 38.5. The van der Waals surface area contributed by atoms with Crippen LogP contribution < -0.4 is 0 Å². The Morgan fingerprint density at radius 3 is 1.44 bits per heavy atom. The molecule has 0 aliphatic heterocycles. The molecule has 1 atom stereocenters. The van der Waals surface area contributed by atoms with E-state index in [0.29, 0.717) is 13.0 Å². The van der Waals surface area contributed by atoms with E-state index >= 15 is 0 Å². The number of ether oxygens (including phenoxy) is 2. The van der Waals surface area contributed by atoms with Crippen LogP contribution in [-0.2, 0) is 14.3 Å². The molecule has 48 heavy (non-hydrogen) atoms. The second-order valence-electron chi connectivity index (χ2n) is 13.3. The minimum Gasteiger partial charge on any atom is -0.457 e. The van der Waals surface area contributed by atoms with Crippen LogP contribution in [0.2, 0.25) is 0 Å². The molecule has 0 heterocycles. The Hall–Kier alpha value is -1.91. The molecule has 0 saturated carbocycles. The highest BCUT2D eigenvalue weighted by atomic mass is 16.6. The molecule has 0 saturated heterocycles. The number of esters is 1. The summed E-state index contributed by atoms with van der Waals surface area (Å²) in [6, 6.07) is 0. The second kappa shape index (κ2) is 41.3. The largest absolute Gasteiger partial charge is 0.457 e. The molecule has 0 aliphatic rings. The molecule has 0 spiro atoms. The standard InChI is InChI=1S/C44H78O4/c1-3-5-7-9-11-13-15-17-19-21-23-25-27-29-31-33-35-37-39-44(46)48-43(41-45)42-47-40-38-36-34-32-30-28-26-24-22-20-18-16-14-12-10-8-6-4-2/h6,8,12,14,18-21,24,26,43,45H,3-5,7,9-11,13,15-17,22-23,25,27-42H2,1-2H3/b8-6-,14-12-,20-18-,21-19-,26-24-. The molecule has 0 fully saturated rings. The van der Waals surface area contributed by atoms with E-state index in [1.807, 2.05) is 0 Å². The summed E-state index contributed by atoms with van der Waals surface area (Å²) in [4.78, 5) is 12.2. The Balaban J connectivity index is 3.49. The molecule has 0 aromatic rings. The van der Waals surface area contributed by atoms with Crippen LogP contribution in [0.4, 0.5) is 0 Å². The van der Waals surface area contributed by atoms with E-state index in [4.69, 9.17) is 9.47 Å². The van der Waals surface area contributed by atoms with Crippen molar-refractivity contribution in [2.45, 2.75) is 193 Å². The van der Waals surface area contributed by atoms with Gasteiger partial charge in [-0.05, 0) is 77.0 Å². The van der Waals surface area contributed by atoms with Crippen molar-refractivity contribution in [3.8, 4) is 0 Å². The second-order valence-corrected chi connectivity index (χ2v) is 13.3. The molecule has 0 aliphatic carbocycles. The summed E-state index contributed by atoms with van der Waals surface area (Å²) in [6.07, 6.45) is 54.1. The molecule has 1 unspecified atom stereocenters. The summed E-state index contributed by atoms with van der Waals surface area (Å²) < 4.78 is 11.1. The normalized spacial score (nSPS) is 13.0. The third-order valence-corrected chi connectivity index (χ3v) is 8.58. The molecule has 0 rings (SSSR count). The van der Waals surface area contributed by atoms with Crippen LogP contribution in [0.5, 0.6) is 0 Å². The first-order valence-corrected chi connectivity index (χ1v) is 20.4. The number of hydrogen-bond donors (Lipinski definition) is 1. The molecule has 278 valence electrons. The number of aliphatic hydroxyl groups excluding tert-OH is 1. The van der Waals surface area contributed by atoms with Crippen LogP contribution in [-0.4, -0.2) is 37.0 Å². The third-order valence-electron chi connectivity index (χ3n) is 8.58. The molecule has 0 aromatic heterocycles. The zero-order chi connectivity index (χ0) is 34.9. The number of hydrogen-bond acceptors (Lipinski definition) is 4. The van der Waals surface area contributed by atoms with Crippen molar-refractivity contribution < 1.29 is 19.4 Å². The fraction of sp³-hybridized carbons (Fsp3) is 0.750. The summed E-state index contributed by atoms with van der Waals surface area (Å²) in [7, 11) is 0. The van der Waals surface area contributed by atoms with Crippen molar-refractivity contribution >= 4 is 5.97 Å². The summed E-state index contributed by atoms with van der Waals surface area (Å²) >= 11 is 0. The molecule has 0 radical (unpaired) electrons.